The molecule has 13 heteroatoms. The van der Waals surface area contributed by atoms with Gasteiger partial charge < -0.3 is 19.5 Å². The van der Waals surface area contributed by atoms with Crippen molar-refractivity contribution in [3.63, 3.8) is 0 Å². The highest BCUT2D eigenvalue weighted by molar-refractivity contribution is 5.91. The van der Waals surface area contributed by atoms with Crippen LogP contribution in [0.1, 0.15) is 53.2 Å². The molecule has 0 spiro atoms. The van der Waals surface area contributed by atoms with Crippen molar-refractivity contribution in [2.24, 2.45) is 0 Å². The van der Waals surface area contributed by atoms with Crippen LogP contribution in [0.5, 0.6) is 0 Å². The minimum Gasteiger partial charge on any atom is -0.463 e. The number of rotatable bonds is 9. The summed E-state index contributed by atoms with van der Waals surface area (Å²) >= 11 is 0. The number of hydrogen-bond donors (Lipinski definition) is 2. The SMILES string of the molecule is CCC(=O)Nc1nc(NC)c2ncn([C@@H]3O[C@H](COC(=O)CC)[C@@H](OC(=O)CC)[C@@]3(C)F)c2n1. The van der Waals surface area contributed by atoms with Crippen molar-refractivity contribution >= 4 is 40.8 Å². The summed E-state index contributed by atoms with van der Waals surface area (Å²) < 4.78 is 34.0. The quantitative estimate of drug-likeness (QED) is 0.512. The minimum atomic E-state index is -2.24. The van der Waals surface area contributed by atoms with Gasteiger partial charge in [-0.1, -0.05) is 20.8 Å². The summed E-state index contributed by atoms with van der Waals surface area (Å²) in [6.45, 7) is 5.83. The number of hydrogen-bond acceptors (Lipinski definition) is 10. The first kappa shape index (κ1) is 25.3. The van der Waals surface area contributed by atoms with Crippen LogP contribution in [-0.4, -0.2) is 68.9 Å². The molecule has 186 valence electrons. The summed E-state index contributed by atoms with van der Waals surface area (Å²) in [6, 6.07) is 0. The molecular formula is C21H29FN6O6. The normalized spacial score (nSPS) is 24.1. The Morgan fingerprint density at radius 3 is 2.50 bits per heavy atom. The summed E-state index contributed by atoms with van der Waals surface area (Å²) in [5.41, 5.74) is -1.73. The minimum absolute atomic E-state index is 0.00592. The third-order valence-corrected chi connectivity index (χ3v) is 5.41. The average molecular weight is 480 g/mol. The molecule has 1 aliphatic heterocycles. The lowest BCUT2D eigenvalue weighted by Crippen LogP contribution is -2.44. The number of nitrogens with one attached hydrogen (secondary N) is 2. The lowest BCUT2D eigenvalue weighted by molar-refractivity contribution is -0.161. The van der Waals surface area contributed by atoms with Gasteiger partial charge in [0, 0.05) is 26.3 Å². The summed E-state index contributed by atoms with van der Waals surface area (Å²) in [4.78, 5) is 48.4. The van der Waals surface area contributed by atoms with E-state index in [9.17, 15) is 14.4 Å². The van der Waals surface area contributed by atoms with E-state index in [-0.39, 0.29) is 43.4 Å². The number of anilines is 2. The standard InChI is InChI=1S/C21H29FN6O6/c1-6-12(29)25-20-26-17(23-5)15-18(27-20)28(10-24-15)19-21(4,22)16(34-14(31)8-3)11(33-19)9-32-13(30)7-2/h10-11,16,19H,6-9H2,1-5H3,(H2,23,25,26,27,29)/t11-,16-,19-,21-/m1/s1. The van der Waals surface area contributed by atoms with Gasteiger partial charge in [-0.05, 0) is 6.92 Å². The molecule has 0 bridgehead atoms. The maximum Gasteiger partial charge on any atom is 0.305 e. The van der Waals surface area contributed by atoms with Crippen LogP contribution in [0.4, 0.5) is 16.2 Å². The van der Waals surface area contributed by atoms with Gasteiger partial charge in [0.2, 0.25) is 11.9 Å². The molecule has 0 aromatic carbocycles. The fourth-order valence-corrected chi connectivity index (χ4v) is 3.56. The van der Waals surface area contributed by atoms with E-state index < -0.39 is 36.0 Å². The van der Waals surface area contributed by atoms with Gasteiger partial charge in [-0.2, -0.15) is 9.97 Å². The van der Waals surface area contributed by atoms with E-state index in [1.54, 1.807) is 27.8 Å². The van der Waals surface area contributed by atoms with E-state index in [4.69, 9.17) is 14.2 Å². The average Bonchev–Trinajstić information content (AvgIpc) is 3.34. The highest BCUT2D eigenvalue weighted by atomic mass is 19.1. The first-order valence-corrected chi connectivity index (χ1v) is 11.1. The molecule has 2 N–H and O–H groups in total. The molecular weight excluding hydrogens is 451 g/mol. The maximum absolute atomic E-state index is 16.2. The molecule has 0 unspecified atom stereocenters. The van der Waals surface area contributed by atoms with Crippen LogP contribution in [0.25, 0.3) is 11.2 Å². The van der Waals surface area contributed by atoms with E-state index >= 15 is 4.39 Å². The summed E-state index contributed by atoms with van der Waals surface area (Å²) in [6.07, 6.45) is -2.03. The Labute approximate surface area is 195 Å². The van der Waals surface area contributed by atoms with Crippen LogP contribution in [-0.2, 0) is 28.6 Å². The Balaban J connectivity index is 2.03. The van der Waals surface area contributed by atoms with Gasteiger partial charge in [0.05, 0.1) is 6.33 Å². The van der Waals surface area contributed by atoms with Gasteiger partial charge in [0.15, 0.2) is 35.0 Å². The highest BCUT2D eigenvalue weighted by Gasteiger charge is 2.58. The van der Waals surface area contributed by atoms with Crippen molar-refractivity contribution in [2.45, 2.75) is 71.1 Å². The highest BCUT2D eigenvalue weighted by Crippen LogP contribution is 2.44. The Morgan fingerprint density at radius 2 is 1.88 bits per heavy atom. The molecule has 3 rings (SSSR count). The number of esters is 2. The van der Waals surface area contributed by atoms with Crippen molar-refractivity contribution in [2.75, 3.05) is 24.3 Å². The first-order valence-electron chi connectivity index (χ1n) is 11.1. The molecule has 0 radical (unpaired) electrons. The molecule has 1 amide bonds. The fourth-order valence-electron chi connectivity index (χ4n) is 3.56. The fraction of sp³-hybridized carbons (Fsp3) is 0.619. The zero-order chi connectivity index (χ0) is 25.0. The zero-order valence-electron chi connectivity index (χ0n) is 19.8. The molecule has 34 heavy (non-hydrogen) atoms. The number of alkyl halides is 1. The first-order chi connectivity index (χ1) is 16.2. The van der Waals surface area contributed by atoms with Crippen LogP contribution in [0, 0.1) is 0 Å². The predicted octanol–water partition coefficient (Wildman–Crippen LogP) is 2.12. The summed E-state index contributed by atoms with van der Waals surface area (Å²) in [5.74, 6) is -1.10. The van der Waals surface area contributed by atoms with Gasteiger partial charge >= 0.3 is 11.9 Å². The van der Waals surface area contributed by atoms with Crippen molar-refractivity contribution in [1.29, 1.82) is 0 Å². The number of fused-ring (bicyclic) bond motifs is 1. The Hall–Kier alpha value is -3.35. The summed E-state index contributed by atoms with van der Waals surface area (Å²) in [7, 11) is 1.62. The van der Waals surface area contributed by atoms with E-state index in [1.807, 2.05) is 0 Å². The van der Waals surface area contributed by atoms with E-state index in [0.29, 0.717) is 11.3 Å². The number of nitrogens with zero attached hydrogens (tertiary/aromatic N) is 4. The predicted molar refractivity (Wildman–Crippen MR) is 119 cm³/mol. The molecule has 0 saturated carbocycles. The van der Waals surface area contributed by atoms with Gasteiger partial charge in [-0.3, -0.25) is 24.3 Å². The number of aromatic nitrogens is 4. The van der Waals surface area contributed by atoms with E-state index in [0.717, 1.165) is 0 Å². The van der Waals surface area contributed by atoms with Crippen LogP contribution in [0.2, 0.25) is 0 Å². The number of amides is 1. The molecule has 1 aliphatic rings. The van der Waals surface area contributed by atoms with Crippen molar-refractivity contribution in [3.8, 4) is 0 Å². The van der Waals surface area contributed by atoms with Gasteiger partial charge in [0.1, 0.15) is 12.7 Å². The molecule has 2 aromatic heterocycles. The zero-order valence-corrected chi connectivity index (χ0v) is 19.8. The summed E-state index contributed by atoms with van der Waals surface area (Å²) in [5, 5.41) is 5.45. The molecule has 12 nitrogen and oxygen atoms in total. The second kappa shape index (κ2) is 10.3. The van der Waals surface area contributed by atoms with Gasteiger partial charge in [0.25, 0.3) is 0 Å². The molecule has 4 atom stereocenters. The smallest absolute Gasteiger partial charge is 0.305 e. The lowest BCUT2D eigenvalue weighted by Gasteiger charge is -2.27. The number of ether oxygens (including phenoxy) is 3. The monoisotopic (exact) mass is 480 g/mol. The molecule has 2 aromatic rings. The number of halogens is 1. The van der Waals surface area contributed by atoms with E-state index in [1.165, 1.54) is 17.8 Å². The second-order valence-corrected chi connectivity index (χ2v) is 7.85. The topological polar surface area (TPSA) is 147 Å². The van der Waals surface area contributed by atoms with Crippen molar-refractivity contribution < 1.29 is 33.0 Å². The number of carbonyl (C=O) groups excluding carboxylic acids is 3. The number of imidazole rings is 1. The molecule has 3 heterocycles. The number of carbonyl (C=O) groups is 3. The maximum atomic E-state index is 16.2. The van der Waals surface area contributed by atoms with Crippen molar-refractivity contribution in [3.05, 3.63) is 6.33 Å². The third kappa shape index (κ3) is 4.93. The van der Waals surface area contributed by atoms with E-state index in [2.05, 4.69) is 25.6 Å². The second-order valence-electron chi connectivity index (χ2n) is 7.85. The molecule has 0 aliphatic carbocycles. The van der Waals surface area contributed by atoms with Crippen molar-refractivity contribution in [1.82, 2.24) is 19.5 Å². The van der Waals surface area contributed by atoms with Gasteiger partial charge in [-0.15, -0.1) is 0 Å². The Morgan fingerprint density at radius 1 is 1.18 bits per heavy atom. The lowest BCUT2D eigenvalue weighted by atomic mass is 9.98. The Kier molecular flexibility index (Phi) is 7.64. The third-order valence-electron chi connectivity index (χ3n) is 5.41. The van der Waals surface area contributed by atoms with Gasteiger partial charge in [-0.25, -0.2) is 9.37 Å². The molecule has 1 fully saturated rings. The molecule has 1 saturated heterocycles. The van der Waals surface area contributed by atoms with Crippen LogP contribution >= 0.6 is 0 Å². The van der Waals surface area contributed by atoms with Crippen LogP contribution in [0.15, 0.2) is 6.33 Å². The van der Waals surface area contributed by atoms with Crippen LogP contribution < -0.4 is 10.6 Å². The Bertz CT molecular complexity index is 1070. The largest absolute Gasteiger partial charge is 0.463 e. The van der Waals surface area contributed by atoms with Crippen LogP contribution in [0.3, 0.4) is 0 Å².